The molecule has 10 atom stereocenters. The molecule has 4 aliphatic carbocycles. The Bertz CT molecular complexity index is 689. The number of aliphatic hydroxyl groups is 3. The van der Waals surface area contributed by atoms with Crippen LogP contribution in [0, 0.1) is 40.4 Å². The first-order valence-electron chi connectivity index (χ1n) is 11.6. The van der Waals surface area contributed by atoms with Crippen molar-refractivity contribution < 1.29 is 25.2 Å². The second-order valence-corrected chi connectivity index (χ2v) is 11.0. The van der Waals surface area contributed by atoms with E-state index in [0.29, 0.717) is 25.2 Å². The normalized spacial score (nSPS) is 50.1. The molecule has 3 fully saturated rings. The van der Waals surface area contributed by atoms with E-state index in [0.717, 1.165) is 25.7 Å². The summed E-state index contributed by atoms with van der Waals surface area (Å²) in [6.45, 7) is 6.62. The van der Waals surface area contributed by atoms with Crippen LogP contribution in [0.2, 0.25) is 0 Å². The molecule has 0 bridgehead atoms. The largest absolute Gasteiger partial charge is 0.481 e. The molecule has 0 aliphatic heterocycles. The van der Waals surface area contributed by atoms with Crippen LogP contribution in [-0.2, 0) is 4.79 Å². The molecule has 0 amide bonds. The number of carboxylic acid groups (broad SMARTS) is 1. The average Bonchev–Trinajstić information content (AvgIpc) is 3.01. The lowest BCUT2D eigenvalue weighted by Gasteiger charge is -2.61. The topological polar surface area (TPSA) is 98.0 Å². The van der Waals surface area contributed by atoms with Gasteiger partial charge in [0.25, 0.3) is 0 Å². The molecule has 4 N–H and O–H groups in total. The monoisotopic (exact) mass is 406 g/mol. The second-order valence-electron chi connectivity index (χ2n) is 11.0. The van der Waals surface area contributed by atoms with E-state index in [-0.39, 0.29) is 47.0 Å². The van der Waals surface area contributed by atoms with Gasteiger partial charge in [0.05, 0.1) is 18.3 Å². The Balaban J connectivity index is 1.64. The van der Waals surface area contributed by atoms with Crippen molar-refractivity contribution in [2.24, 2.45) is 40.4 Å². The summed E-state index contributed by atoms with van der Waals surface area (Å²) < 4.78 is 0. The molecule has 0 radical (unpaired) electrons. The van der Waals surface area contributed by atoms with Crippen LogP contribution in [0.4, 0.5) is 0 Å². The molecule has 0 saturated heterocycles. The fourth-order valence-corrected chi connectivity index (χ4v) is 8.12. The summed E-state index contributed by atoms with van der Waals surface area (Å²) in [5.74, 6) is 0.426. The van der Waals surface area contributed by atoms with Crippen molar-refractivity contribution in [3.05, 3.63) is 11.6 Å². The molecule has 29 heavy (non-hydrogen) atoms. The number of hydrogen-bond donors (Lipinski definition) is 4. The van der Waals surface area contributed by atoms with Gasteiger partial charge in [0.1, 0.15) is 0 Å². The van der Waals surface area contributed by atoms with Gasteiger partial charge in [-0.1, -0.05) is 32.4 Å². The van der Waals surface area contributed by atoms with Crippen molar-refractivity contribution in [2.45, 2.75) is 90.4 Å². The zero-order chi connectivity index (χ0) is 21.1. The Morgan fingerprint density at radius 1 is 1.17 bits per heavy atom. The Labute approximate surface area is 174 Å². The van der Waals surface area contributed by atoms with E-state index in [9.17, 15) is 20.1 Å². The van der Waals surface area contributed by atoms with Gasteiger partial charge in [0.2, 0.25) is 0 Å². The summed E-state index contributed by atoms with van der Waals surface area (Å²) in [7, 11) is 0. The molecule has 4 aliphatic rings. The van der Waals surface area contributed by atoms with Gasteiger partial charge in [-0.2, -0.15) is 0 Å². The predicted molar refractivity (Wildman–Crippen MR) is 110 cm³/mol. The number of carbonyl (C=O) groups is 1. The summed E-state index contributed by atoms with van der Waals surface area (Å²) in [4.78, 5) is 11.1. The summed E-state index contributed by atoms with van der Waals surface area (Å²) in [5, 5.41) is 41.9. The first kappa shape index (κ1) is 21.3. The molecule has 0 unspecified atom stereocenters. The quantitative estimate of drug-likeness (QED) is 0.537. The summed E-state index contributed by atoms with van der Waals surface area (Å²) in [5.41, 5.74) is 0.874. The van der Waals surface area contributed by atoms with E-state index in [1.807, 2.05) is 6.08 Å². The zero-order valence-electron chi connectivity index (χ0n) is 18.1. The Morgan fingerprint density at radius 3 is 2.59 bits per heavy atom. The maximum atomic E-state index is 11.5. The lowest BCUT2D eigenvalue weighted by atomic mass is 9.45. The third kappa shape index (κ3) is 3.19. The molecule has 0 heterocycles. The molecular weight excluding hydrogens is 368 g/mol. The fraction of sp³-hybridized carbons (Fsp3) is 0.875. The van der Waals surface area contributed by atoms with Crippen LogP contribution in [0.3, 0.4) is 0 Å². The third-order valence-corrected chi connectivity index (χ3v) is 9.78. The predicted octanol–water partition coefficient (Wildman–Crippen LogP) is 3.37. The number of aliphatic hydroxyl groups excluding tert-OH is 3. The molecule has 0 aromatic heterocycles. The van der Waals surface area contributed by atoms with Crippen molar-refractivity contribution in [1.82, 2.24) is 0 Å². The highest BCUT2D eigenvalue weighted by molar-refractivity contribution is 5.66. The highest BCUT2D eigenvalue weighted by Crippen LogP contribution is 2.67. The first-order chi connectivity index (χ1) is 13.6. The van der Waals surface area contributed by atoms with Gasteiger partial charge in [0, 0.05) is 6.42 Å². The summed E-state index contributed by atoms with van der Waals surface area (Å²) in [6, 6.07) is 0. The number of hydrogen-bond acceptors (Lipinski definition) is 4. The minimum Gasteiger partial charge on any atom is -0.481 e. The minimum atomic E-state index is -0.756. The maximum Gasteiger partial charge on any atom is 0.303 e. The molecule has 5 heteroatoms. The highest BCUT2D eigenvalue weighted by Gasteiger charge is 2.64. The summed E-state index contributed by atoms with van der Waals surface area (Å²) >= 11 is 0. The molecule has 5 nitrogen and oxygen atoms in total. The second kappa shape index (κ2) is 7.35. The summed E-state index contributed by atoms with van der Waals surface area (Å²) in [6.07, 6.45) is 6.64. The molecule has 164 valence electrons. The van der Waals surface area contributed by atoms with Crippen LogP contribution >= 0.6 is 0 Å². The minimum absolute atomic E-state index is 0.0432. The lowest BCUT2D eigenvalue weighted by molar-refractivity contribution is -0.158. The van der Waals surface area contributed by atoms with Crippen molar-refractivity contribution in [2.75, 3.05) is 0 Å². The third-order valence-electron chi connectivity index (χ3n) is 9.78. The van der Waals surface area contributed by atoms with Gasteiger partial charge in [-0.3, -0.25) is 4.79 Å². The zero-order valence-corrected chi connectivity index (χ0v) is 18.1. The van der Waals surface area contributed by atoms with Crippen LogP contribution in [0.5, 0.6) is 0 Å². The van der Waals surface area contributed by atoms with E-state index in [1.165, 1.54) is 5.57 Å². The SMILES string of the molecule is C[C@H](CCC(=O)O)[C@H]1CC[C@H]2[C@@H]3[C@H](O)C=C4C[C@@H](O)CC[C@]4(C)[C@H]3C[C@H](O)[C@]12C. The Kier molecular flexibility index (Phi) is 5.40. The molecular formula is C24H38O5. The Hall–Kier alpha value is -0.910. The lowest BCUT2D eigenvalue weighted by Crippen LogP contribution is -2.59. The van der Waals surface area contributed by atoms with Gasteiger partial charge in [-0.25, -0.2) is 0 Å². The Morgan fingerprint density at radius 2 is 1.90 bits per heavy atom. The molecule has 3 saturated carbocycles. The molecule has 0 aromatic rings. The van der Waals surface area contributed by atoms with E-state index in [4.69, 9.17) is 5.11 Å². The van der Waals surface area contributed by atoms with Crippen molar-refractivity contribution in [1.29, 1.82) is 0 Å². The van der Waals surface area contributed by atoms with E-state index < -0.39 is 18.2 Å². The number of rotatable bonds is 4. The van der Waals surface area contributed by atoms with Gasteiger partial charge < -0.3 is 20.4 Å². The smallest absolute Gasteiger partial charge is 0.303 e. The van der Waals surface area contributed by atoms with Crippen LogP contribution in [0.15, 0.2) is 11.6 Å². The van der Waals surface area contributed by atoms with Gasteiger partial charge in [-0.15, -0.1) is 0 Å². The standard InChI is InChI=1S/C24H38O5/c1-13(4-7-21(28)29)16-5-6-17-22-18(12-20(27)24(16,17)3)23(2)9-8-15(25)10-14(23)11-19(22)26/h11,13,15-20,22,25-27H,4-10,12H2,1-3H3,(H,28,29)/t13-,15+,16-,17+,18+,19-,20+,22+,23+,24-/m1/s1. The van der Waals surface area contributed by atoms with Crippen molar-refractivity contribution >= 4 is 5.97 Å². The van der Waals surface area contributed by atoms with Crippen LogP contribution in [-0.4, -0.2) is 44.7 Å². The van der Waals surface area contributed by atoms with E-state index >= 15 is 0 Å². The fourth-order valence-electron chi connectivity index (χ4n) is 8.12. The van der Waals surface area contributed by atoms with Crippen LogP contribution in [0.1, 0.15) is 72.1 Å². The number of aliphatic carboxylic acids is 1. The van der Waals surface area contributed by atoms with Crippen LogP contribution in [0.25, 0.3) is 0 Å². The molecule has 0 spiro atoms. The average molecular weight is 407 g/mol. The first-order valence-corrected chi connectivity index (χ1v) is 11.6. The highest BCUT2D eigenvalue weighted by atomic mass is 16.4. The van der Waals surface area contributed by atoms with Gasteiger partial charge >= 0.3 is 5.97 Å². The van der Waals surface area contributed by atoms with Crippen molar-refractivity contribution in [3.8, 4) is 0 Å². The number of carboxylic acids is 1. The van der Waals surface area contributed by atoms with Crippen LogP contribution < -0.4 is 0 Å². The van der Waals surface area contributed by atoms with Crippen molar-refractivity contribution in [3.63, 3.8) is 0 Å². The van der Waals surface area contributed by atoms with E-state index in [2.05, 4.69) is 20.8 Å². The molecule has 0 aromatic carbocycles. The maximum absolute atomic E-state index is 11.5. The van der Waals surface area contributed by atoms with Gasteiger partial charge in [0.15, 0.2) is 0 Å². The number of fused-ring (bicyclic) bond motifs is 5. The van der Waals surface area contributed by atoms with Gasteiger partial charge in [-0.05, 0) is 85.4 Å². The molecule has 4 rings (SSSR count). The van der Waals surface area contributed by atoms with E-state index in [1.54, 1.807) is 0 Å².